The molecule has 0 bridgehead atoms. The molecular formula is C22H22N2O3S2. The van der Waals surface area contributed by atoms with Crippen molar-refractivity contribution in [2.45, 2.75) is 36.4 Å². The summed E-state index contributed by atoms with van der Waals surface area (Å²) >= 11 is 1.15. The Labute approximate surface area is 174 Å². The van der Waals surface area contributed by atoms with Crippen LogP contribution < -0.4 is 10.0 Å². The van der Waals surface area contributed by atoms with Gasteiger partial charge in [0.05, 0.1) is 6.04 Å². The molecule has 1 unspecified atom stereocenters. The topological polar surface area (TPSA) is 75.3 Å². The van der Waals surface area contributed by atoms with Crippen LogP contribution in [0.3, 0.4) is 0 Å². The maximum Gasteiger partial charge on any atom is 0.271 e. The van der Waals surface area contributed by atoms with E-state index in [2.05, 4.69) is 28.2 Å². The molecule has 5 nitrogen and oxygen atoms in total. The van der Waals surface area contributed by atoms with E-state index in [1.165, 1.54) is 17.5 Å². The fourth-order valence-electron chi connectivity index (χ4n) is 3.54. The lowest BCUT2D eigenvalue weighted by atomic mass is 10.0. The van der Waals surface area contributed by atoms with Crippen molar-refractivity contribution in [1.29, 1.82) is 0 Å². The molecular weight excluding hydrogens is 404 g/mol. The van der Waals surface area contributed by atoms with Crippen LogP contribution in [0.15, 0.2) is 64.2 Å². The number of carbonyl (C=O) groups is 1. The summed E-state index contributed by atoms with van der Waals surface area (Å²) in [4.78, 5) is 12.6. The van der Waals surface area contributed by atoms with E-state index in [1.807, 2.05) is 6.92 Å². The van der Waals surface area contributed by atoms with Crippen LogP contribution in [0.5, 0.6) is 0 Å². The number of aryl methyl sites for hydroxylation is 2. The van der Waals surface area contributed by atoms with Crippen LogP contribution in [0.25, 0.3) is 0 Å². The minimum atomic E-state index is -3.60. The second-order valence-corrected chi connectivity index (χ2v) is 10.0. The number of hydrogen-bond donors (Lipinski definition) is 2. The Morgan fingerprint density at radius 1 is 1.03 bits per heavy atom. The molecule has 1 amide bonds. The molecule has 0 spiro atoms. The summed E-state index contributed by atoms with van der Waals surface area (Å²) in [6, 6.07) is 16.0. The van der Waals surface area contributed by atoms with Crippen molar-refractivity contribution < 1.29 is 13.2 Å². The van der Waals surface area contributed by atoms with E-state index in [4.69, 9.17) is 0 Å². The summed E-state index contributed by atoms with van der Waals surface area (Å²) in [5.74, 6) is -0.189. The highest BCUT2D eigenvalue weighted by Gasteiger charge is 2.17. The van der Waals surface area contributed by atoms with Crippen LogP contribution in [-0.2, 0) is 22.9 Å². The van der Waals surface area contributed by atoms with Gasteiger partial charge in [-0.3, -0.25) is 9.52 Å². The first-order valence-corrected chi connectivity index (χ1v) is 11.9. The molecule has 0 saturated carbocycles. The maximum atomic E-state index is 12.6. The molecule has 1 heterocycles. The third-order valence-electron chi connectivity index (χ3n) is 5.13. The predicted octanol–water partition coefficient (Wildman–Crippen LogP) is 4.53. The zero-order valence-corrected chi connectivity index (χ0v) is 17.6. The van der Waals surface area contributed by atoms with Gasteiger partial charge in [0.1, 0.15) is 4.21 Å². The monoisotopic (exact) mass is 426 g/mol. The smallest absolute Gasteiger partial charge is 0.271 e. The average Bonchev–Trinajstić information content (AvgIpc) is 3.39. The zero-order chi connectivity index (χ0) is 20.4. The summed E-state index contributed by atoms with van der Waals surface area (Å²) in [6.07, 6.45) is 3.44. The highest BCUT2D eigenvalue weighted by Crippen LogP contribution is 2.26. The second-order valence-electron chi connectivity index (χ2n) is 7.19. The number of fused-ring (bicyclic) bond motifs is 1. The van der Waals surface area contributed by atoms with Crippen molar-refractivity contribution in [2.24, 2.45) is 0 Å². The summed E-state index contributed by atoms with van der Waals surface area (Å²) in [7, 11) is -3.60. The highest BCUT2D eigenvalue weighted by molar-refractivity contribution is 7.94. The van der Waals surface area contributed by atoms with E-state index in [0.29, 0.717) is 11.3 Å². The summed E-state index contributed by atoms with van der Waals surface area (Å²) in [5.41, 5.74) is 4.79. The first-order valence-electron chi connectivity index (χ1n) is 9.51. The van der Waals surface area contributed by atoms with Gasteiger partial charge in [-0.15, -0.1) is 11.3 Å². The fraction of sp³-hybridized carbons (Fsp3) is 0.227. The number of sulfonamides is 1. The van der Waals surface area contributed by atoms with Crippen molar-refractivity contribution in [3.05, 3.63) is 82.2 Å². The molecule has 7 heteroatoms. The average molecular weight is 427 g/mol. The van der Waals surface area contributed by atoms with Gasteiger partial charge >= 0.3 is 0 Å². The number of rotatable bonds is 6. The molecule has 29 heavy (non-hydrogen) atoms. The van der Waals surface area contributed by atoms with Crippen LogP contribution in [0.4, 0.5) is 5.69 Å². The van der Waals surface area contributed by atoms with Gasteiger partial charge in [0.2, 0.25) is 0 Å². The molecule has 2 aromatic carbocycles. The first kappa shape index (κ1) is 19.7. The maximum absolute atomic E-state index is 12.6. The Balaban J connectivity index is 1.41. The lowest BCUT2D eigenvalue weighted by Crippen LogP contribution is -2.26. The lowest BCUT2D eigenvalue weighted by molar-refractivity contribution is 0.0940. The molecule has 0 radical (unpaired) electrons. The first-order chi connectivity index (χ1) is 13.9. The van der Waals surface area contributed by atoms with Gasteiger partial charge in [0.15, 0.2) is 0 Å². The number of anilines is 1. The van der Waals surface area contributed by atoms with Crippen LogP contribution in [0, 0.1) is 0 Å². The number of carbonyl (C=O) groups excluding carboxylic acids is 1. The molecule has 4 rings (SSSR count). The molecule has 2 N–H and O–H groups in total. The molecule has 0 fully saturated rings. The Bertz CT molecular complexity index is 1120. The third-order valence-corrected chi connectivity index (χ3v) is 7.91. The molecule has 1 aliphatic carbocycles. The van der Waals surface area contributed by atoms with Crippen molar-refractivity contribution in [1.82, 2.24) is 5.32 Å². The molecule has 0 saturated heterocycles. The number of hydrogen-bond acceptors (Lipinski definition) is 4. The normalized spacial score (nSPS) is 14.2. The molecule has 1 aromatic heterocycles. The highest BCUT2D eigenvalue weighted by atomic mass is 32.2. The van der Waals surface area contributed by atoms with Crippen LogP contribution in [0.2, 0.25) is 0 Å². The fourth-order valence-corrected chi connectivity index (χ4v) is 5.59. The minimum Gasteiger partial charge on any atom is -0.346 e. The molecule has 150 valence electrons. The van der Waals surface area contributed by atoms with E-state index in [1.54, 1.807) is 41.8 Å². The van der Waals surface area contributed by atoms with E-state index in [-0.39, 0.29) is 16.2 Å². The zero-order valence-electron chi connectivity index (χ0n) is 16.0. The van der Waals surface area contributed by atoms with Gasteiger partial charge < -0.3 is 5.32 Å². The van der Waals surface area contributed by atoms with Gasteiger partial charge in [-0.2, -0.15) is 0 Å². The molecule has 1 atom stereocenters. The minimum absolute atomic E-state index is 0.106. The number of benzene rings is 2. The number of thiophene rings is 1. The summed E-state index contributed by atoms with van der Waals surface area (Å²) in [6.45, 7) is 1.97. The summed E-state index contributed by atoms with van der Waals surface area (Å²) in [5, 5.41) is 4.73. The van der Waals surface area contributed by atoms with E-state index < -0.39 is 10.0 Å². The van der Waals surface area contributed by atoms with Gasteiger partial charge in [0, 0.05) is 11.3 Å². The van der Waals surface area contributed by atoms with Crippen molar-refractivity contribution in [2.75, 3.05) is 4.72 Å². The number of amides is 1. The SMILES string of the molecule is CC(NC(=O)c1ccc(NS(=O)(=O)c2cccs2)cc1)c1ccc2c(c1)CCC2. The van der Waals surface area contributed by atoms with Gasteiger partial charge in [-0.25, -0.2) is 8.42 Å². The van der Waals surface area contributed by atoms with Gasteiger partial charge in [-0.05, 0) is 78.6 Å². The Morgan fingerprint density at radius 3 is 2.52 bits per heavy atom. The van der Waals surface area contributed by atoms with E-state index in [9.17, 15) is 13.2 Å². The van der Waals surface area contributed by atoms with Crippen LogP contribution in [0.1, 0.15) is 46.4 Å². The van der Waals surface area contributed by atoms with Gasteiger partial charge in [0.25, 0.3) is 15.9 Å². The summed E-state index contributed by atoms with van der Waals surface area (Å²) < 4.78 is 27.3. The van der Waals surface area contributed by atoms with E-state index >= 15 is 0 Å². The van der Waals surface area contributed by atoms with E-state index in [0.717, 1.165) is 29.7 Å². The van der Waals surface area contributed by atoms with Crippen molar-refractivity contribution in [3.63, 3.8) is 0 Å². The standard InChI is InChI=1S/C22H22N2O3S2/c1-15(18-8-7-16-4-2-5-19(16)14-18)23-22(25)17-9-11-20(12-10-17)24-29(26,27)21-6-3-13-28-21/h3,6-15,24H,2,4-5H2,1H3,(H,23,25). The molecule has 1 aliphatic rings. The predicted molar refractivity (Wildman–Crippen MR) is 116 cm³/mol. The molecule has 0 aliphatic heterocycles. The van der Waals surface area contributed by atoms with Crippen LogP contribution in [-0.4, -0.2) is 14.3 Å². The van der Waals surface area contributed by atoms with Gasteiger partial charge in [-0.1, -0.05) is 24.3 Å². The third kappa shape index (κ3) is 4.36. The molecule has 3 aromatic rings. The van der Waals surface area contributed by atoms with Crippen LogP contribution >= 0.6 is 11.3 Å². The Kier molecular flexibility index (Phi) is 5.43. The Hall–Kier alpha value is -2.64. The van der Waals surface area contributed by atoms with Crippen molar-refractivity contribution >= 4 is 33.0 Å². The lowest BCUT2D eigenvalue weighted by Gasteiger charge is -2.16. The Morgan fingerprint density at radius 2 is 1.79 bits per heavy atom. The quantitative estimate of drug-likeness (QED) is 0.608. The second kappa shape index (κ2) is 8.00. The largest absolute Gasteiger partial charge is 0.346 e. The number of nitrogens with one attached hydrogen (secondary N) is 2. The van der Waals surface area contributed by atoms with Crippen molar-refractivity contribution in [3.8, 4) is 0 Å².